The Hall–Kier alpha value is -2.40. The third-order valence-electron chi connectivity index (χ3n) is 5.23. The third kappa shape index (κ3) is 5.30. The zero-order valence-corrected chi connectivity index (χ0v) is 16.0. The number of piperidine rings is 1. The highest BCUT2D eigenvalue weighted by Gasteiger charge is 2.27. The molecule has 0 aromatic heterocycles. The molecule has 0 bridgehead atoms. The summed E-state index contributed by atoms with van der Waals surface area (Å²) in [6.07, 6.45) is 2.29. The molecule has 144 valence electrons. The van der Waals surface area contributed by atoms with Gasteiger partial charge in [-0.2, -0.15) is 0 Å². The number of nitrogens with zero attached hydrogens (tertiary/aromatic N) is 2. The molecule has 1 fully saturated rings. The monoisotopic (exact) mass is 370 g/mol. The molecule has 0 saturated carbocycles. The van der Waals surface area contributed by atoms with Gasteiger partial charge in [0.15, 0.2) is 0 Å². The van der Waals surface area contributed by atoms with Crippen molar-refractivity contribution in [2.75, 3.05) is 27.2 Å². The molecule has 0 spiro atoms. The van der Waals surface area contributed by atoms with Crippen molar-refractivity contribution < 1.29 is 13.9 Å². The predicted octanol–water partition coefficient (Wildman–Crippen LogP) is 3.50. The van der Waals surface area contributed by atoms with E-state index in [-0.39, 0.29) is 17.8 Å². The minimum Gasteiger partial charge on any atom is -0.497 e. The number of halogens is 1. The van der Waals surface area contributed by atoms with E-state index in [1.807, 2.05) is 29.2 Å². The minimum atomic E-state index is -0.255. The van der Waals surface area contributed by atoms with Crippen LogP contribution < -0.4 is 4.74 Å². The number of hydrogen-bond acceptors (Lipinski definition) is 3. The largest absolute Gasteiger partial charge is 0.497 e. The zero-order valence-electron chi connectivity index (χ0n) is 16.0. The first-order valence-corrected chi connectivity index (χ1v) is 9.40. The van der Waals surface area contributed by atoms with Gasteiger partial charge in [0, 0.05) is 12.6 Å². The summed E-state index contributed by atoms with van der Waals surface area (Å²) < 4.78 is 18.4. The van der Waals surface area contributed by atoms with Crippen LogP contribution in [0.15, 0.2) is 48.5 Å². The van der Waals surface area contributed by atoms with Crippen LogP contribution in [-0.2, 0) is 17.8 Å². The van der Waals surface area contributed by atoms with Crippen molar-refractivity contribution in [1.82, 2.24) is 9.80 Å². The van der Waals surface area contributed by atoms with Gasteiger partial charge in [0.05, 0.1) is 13.5 Å². The van der Waals surface area contributed by atoms with E-state index in [1.54, 1.807) is 19.2 Å². The van der Waals surface area contributed by atoms with E-state index >= 15 is 0 Å². The Kier molecular flexibility index (Phi) is 6.45. The van der Waals surface area contributed by atoms with E-state index < -0.39 is 0 Å². The average Bonchev–Trinajstić information content (AvgIpc) is 2.69. The number of ether oxygens (including phenoxy) is 1. The maximum absolute atomic E-state index is 13.2. The molecule has 0 radical (unpaired) electrons. The van der Waals surface area contributed by atoms with Gasteiger partial charge in [-0.1, -0.05) is 24.3 Å². The Morgan fingerprint density at radius 2 is 1.67 bits per heavy atom. The van der Waals surface area contributed by atoms with Gasteiger partial charge in [-0.05, 0) is 68.4 Å². The number of likely N-dealkylation sites (tertiary alicyclic amines) is 1. The third-order valence-corrected chi connectivity index (χ3v) is 5.23. The summed E-state index contributed by atoms with van der Waals surface area (Å²) in [6, 6.07) is 14.3. The lowest BCUT2D eigenvalue weighted by Crippen LogP contribution is -2.46. The molecular weight excluding hydrogens is 343 g/mol. The van der Waals surface area contributed by atoms with Crippen molar-refractivity contribution in [1.29, 1.82) is 0 Å². The van der Waals surface area contributed by atoms with Crippen LogP contribution in [0.2, 0.25) is 0 Å². The van der Waals surface area contributed by atoms with Crippen molar-refractivity contribution in [3.05, 3.63) is 65.5 Å². The highest BCUT2D eigenvalue weighted by atomic mass is 19.1. The Labute approximate surface area is 160 Å². The fraction of sp³-hybridized carbons (Fsp3) is 0.409. The topological polar surface area (TPSA) is 32.8 Å². The lowest BCUT2D eigenvalue weighted by molar-refractivity contribution is -0.134. The van der Waals surface area contributed by atoms with Gasteiger partial charge in [-0.15, -0.1) is 0 Å². The van der Waals surface area contributed by atoms with Crippen LogP contribution in [-0.4, -0.2) is 49.0 Å². The summed E-state index contributed by atoms with van der Waals surface area (Å²) in [4.78, 5) is 17.4. The van der Waals surface area contributed by atoms with Crippen LogP contribution in [0.3, 0.4) is 0 Å². The van der Waals surface area contributed by atoms with E-state index in [4.69, 9.17) is 4.74 Å². The van der Waals surface area contributed by atoms with E-state index in [0.29, 0.717) is 13.0 Å². The maximum atomic E-state index is 13.2. The van der Waals surface area contributed by atoms with Gasteiger partial charge in [0.1, 0.15) is 11.6 Å². The first kappa shape index (κ1) is 19.4. The second-order valence-electron chi connectivity index (χ2n) is 7.21. The molecule has 27 heavy (non-hydrogen) atoms. The predicted molar refractivity (Wildman–Crippen MR) is 104 cm³/mol. The lowest BCUT2D eigenvalue weighted by atomic mass is 10.0. The van der Waals surface area contributed by atoms with Gasteiger partial charge in [0.25, 0.3) is 0 Å². The lowest BCUT2D eigenvalue weighted by Gasteiger charge is -2.37. The number of rotatable bonds is 6. The number of benzene rings is 2. The molecule has 0 N–H and O–H groups in total. The minimum absolute atomic E-state index is 0.110. The number of methoxy groups -OCH3 is 1. The molecule has 1 aliphatic heterocycles. The smallest absolute Gasteiger partial charge is 0.227 e. The van der Waals surface area contributed by atoms with Crippen LogP contribution in [0.1, 0.15) is 24.0 Å². The fourth-order valence-electron chi connectivity index (χ4n) is 3.53. The van der Waals surface area contributed by atoms with Gasteiger partial charge in [0.2, 0.25) is 5.91 Å². The van der Waals surface area contributed by atoms with Gasteiger partial charge in [-0.25, -0.2) is 4.39 Å². The van der Waals surface area contributed by atoms with Crippen LogP contribution in [0, 0.1) is 5.82 Å². The SMILES string of the molecule is COc1ccc(CC(=O)N(Cc2ccc(F)cc2)C2CCN(C)CC2)cc1. The molecule has 4 nitrogen and oxygen atoms in total. The number of hydrogen-bond donors (Lipinski definition) is 0. The normalized spacial score (nSPS) is 15.5. The second-order valence-corrected chi connectivity index (χ2v) is 7.21. The van der Waals surface area contributed by atoms with Crippen molar-refractivity contribution in [2.24, 2.45) is 0 Å². The van der Waals surface area contributed by atoms with Crippen LogP contribution >= 0.6 is 0 Å². The highest BCUT2D eigenvalue weighted by Crippen LogP contribution is 2.21. The van der Waals surface area contributed by atoms with Crippen molar-refractivity contribution in [3.63, 3.8) is 0 Å². The van der Waals surface area contributed by atoms with Gasteiger partial charge >= 0.3 is 0 Å². The summed E-state index contributed by atoms with van der Waals surface area (Å²) in [7, 11) is 3.74. The molecule has 0 atom stereocenters. The molecule has 1 heterocycles. The summed E-state index contributed by atoms with van der Waals surface area (Å²) in [5, 5.41) is 0. The van der Waals surface area contributed by atoms with Crippen LogP contribution in [0.5, 0.6) is 5.75 Å². The first-order valence-electron chi connectivity index (χ1n) is 9.40. The molecule has 1 amide bonds. The van der Waals surface area contributed by atoms with E-state index in [9.17, 15) is 9.18 Å². The molecule has 5 heteroatoms. The summed E-state index contributed by atoms with van der Waals surface area (Å²) >= 11 is 0. The van der Waals surface area contributed by atoms with Crippen LogP contribution in [0.4, 0.5) is 4.39 Å². The van der Waals surface area contributed by atoms with Crippen molar-refractivity contribution >= 4 is 5.91 Å². The van der Waals surface area contributed by atoms with Crippen molar-refractivity contribution in [2.45, 2.75) is 31.8 Å². The maximum Gasteiger partial charge on any atom is 0.227 e. The Balaban J connectivity index is 1.74. The number of carbonyl (C=O) groups excluding carboxylic acids is 1. The molecular formula is C22H27FN2O2. The summed E-state index contributed by atoms with van der Waals surface area (Å²) in [5.74, 6) is 0.637. The highest BCUT2D eigenvalue weighted by molar-refractivity contribution is 5.79. The summed E-state index contributed by atoms with van der Waals surface area (Å²) in [5.41, 5.74) is 1.93. The zero-order chi connectivity index (χ0) is 19.2. The molecule has 1 saturated heterocycles. The second kappa shape index (κ2) is 9.00. The van der Waals surface area contributed by atoms with Crippen molar-refractivity contribution in [3.8, 4) is 5.75 Å². The van der Waals surface area contributed by atoms with Gasteiger partial charge in [-0.3, -0.25) is 4.79 Å². The number of carbonyl (C=O) groups is 1. The summed E-state index contributed by atoms with van der Waals surface area (Å²) in [6.45, 7) is 2.49. The quantitative estimate of drug-likeness (QED) is 0.780. The Bertz CT molecular complexity index is 738. The Morgan fingerprint density at radius 1 is 1.07 bits per heavy atom. The molecule has 0 aliphatic carbocycles. The molecule has 0 unspecified atom stereocenters. The molecule has 2 aromatic carbocycles. The number of amides is 1. The van der Waals surface area contributed by atoms with E-state index in [0.717, 1.165) is 42.8 Å². The molecule has 2 aromatic rings. The fourth-order valence-corrected chi connectivity index (χ4v) is 3.53. The van der Waals surface area contributed by atoms with E-state index in [1.165, 1.54) is 12.1 Å². The Morgan fingerprint density at radius 3 is 2.26 bits per heavy atom. The standard InChI is InChI=1S/C22H27FN2O2/c1-24-13-11-20(12-14-24)25(16-18-3-7-19(23)8-4-18)22(26)15-17-5-9-21(27-2)10-6-17/h3-10,20H,11-16H2,1-2H3. The first-order chi connectivity index (χ1) is 13.0. The average molecular weight is 370 g/mol. The molecule has 1 aliphatic rings. The molecule has 3 rings (SSSR count). The van der Waals surface area contributed by atoms with Crippen LogP contribution in [0.25, 0.3) is 0 Å². The van der Waals surface area contributed by atoms with E-state index in [2.05, 4.69) is 11.9 Å². The van der Waals surface area contributed by atoms with Gasteiger partial charge < -0.3 is 14.5 Å².